The van der Waals surface area contributed by atoms with Crippen molar-refractivity contribution in [2.45, 2.75) is 38.8 Å². The topological polar surface area (TPSA) is 55.1 Å². The molecule has 0 radical (unpaired) electrons. The molecule has 1 unspecified atom stereocenters. The highest BCUT2D eigenvalue weighted by Crippen LogP contribution is 2.16. The van der Waals surface area contributed by atoms with E-state index in [2.05, 4.69) is 5.32 Å². The van der Waals surface area contributed by atoms with E-state index in [0.717, 1.165) is 0 Å². The molecule has 0 saturated carbocycles. The van der Waals surface area contributed by atoms with Crippen LogP contribution in [0.2, 0.25) is 0 Å². The van der Waals surface area contributed by atoms with E-state index < -0.39 is 5.54 Å². The molecule has 0 fully saturated rings. The highest BCUT2D eigenvalue weighted by Gasteiger charge is 2.19. The molecule has 0 aliphatic rings. The smallest absolute Gasteiger partial charge is 0.222 e. The molecule has 1 aromatic rings. The van der Waals surface area contributed by atoms with Gasteiger partial charge in [-0.05, 0) is 26.8 Å². The van der Waals surface area contributed by atoms with Crippen molar-refractivity contribution in [3.8, 4) is 0 Å². The second-order valence-electron chi connectivity index (χ2n) is 4.98. The van der Waals surface area contributed by atoms with Crippen LogP contribution >= 0.6 is 0 Å². The van der Waals surface area contributed by atoms with E-state index in [4.69, 9.17) is 5.73 Å². The summed E-state index contributed by atoms with van der Waals surface area (Å²) in [5.74, 6) is -0.486. The summed E-state index contributed by atoms with van der Waals surface area (Å²) in [5.41, 5.74) is 5.67. The summed E-state index contributed by atoms with van der Waals surface area (Å²) in [4.78, 5) is 11.6. The van der Waals surface area contributed by atoms with Gasteiger partial charge in [0.1, 0.15) is 5.82 Å². The molecule has 0 aliphatic heterocycles. The van der Waals surface area contributed by atoms with Crippen LogP contribution in [0.1, 0.15) is 38.8 Å². The van der Waals surface area contributed by atoms with Gasteiger partial charge in [0.2, 0.25) is 5.91 Å². The minimum absolute atomic E-state index is 0.173. The van der Waals surface area contributed by atoms with E-state index in [1.54, 1.807) is 39.0 Å². The van der Waals surface area contributed by atoms with Crippen LogP contribution in [0.15, 0.2) is 24.3 Å². The van der Waals surface area contributed by atoms with Crippen LogP contribution < -0.4 is 11.1 Å². The van der Waals surface area contributed by atoms with Crippen molar-refractivity contribution in [3.63, 3.8) is 0 Å². The lowest BCUT2D eigenvalue weighted by Gasteiger charge is -2.20. The number of hydrogen-bond acceptors (Lipinski definition) is 2. The molecule has 3 N–H and O–H groups in total. The fourth-order valence-corrected chi connectivity index (χ4v) is 1.61. The van der Waals surface area contributed by atoms with Crippen LogP contribution in [0, 0.1) is 5.82 Å². The van der Waals surface area contributed by atoms with Gasteiger partial charge in [-0.2, -0.15) is 0 Å². The van der Waals surface area contributed by atoms with Gasteiger partial charge in [0.05, 0.1) is 6.04 Å². The molecule has 17 heavy (non-hydrogen) atoms. The van der Waals surface area contributed by atoms with Gasteiger partial charge < -0.3 is 11.1 Å². The summed E-state index contributed by atoms with van der Waals surface area (Å²) in [6.07, 6.45) is 0.214. The van der Waals surface area contributed by atoms with Crippen molar-refractivity contribution in [1.29, 1.82) is 0 Å². The zero-order valence-electron chi connectivity index (χ0n) is 10.5. The zero-order valence-corrected chi connectivity index (χ0v) is 10.5. The summed E-state index contributed by atoms with van der Waals surface area (Å²) >= 11 is 0. The van der Waals surface area contributed by atoms with Crippen molar-refractivity contribution in [2.75, 3.05) is 0 Å². The first kappa shape index (κ1) is 13.6. The second-order valence-corrected chi connectivity index (χ2v) is 4.98. The minimum atomic E-state index is -0.557. The van der Waals surface area contributed by atoms with Crippen molar-refractivity contribution in [2.24, 2.45) is 5.73 Å². The number of carbonyl (C=O) groups is 1. The van der Waals surface area contributed by atoms with Gasteiger partial charge in [-0.25, -0.2) is 4.39 Å². The molecule has 4 heteroatoms. The SMILES string of the molecule is CC(NC(=O)CC(C)(C)N)c1ccccc1F. The van der Waals surface area contributed by atoms with E-state index in [0.29, 0.717) is 5.56 Å². The third kappa shape index (κ3) is 4.53. The highest BCUT2D eigenvalue weighted by molar-refractivity contribution is 5.77. The fraction of sp³-hybridized carbons (Fsp3) is 0.462. The Morgan fingerprint density at radius 1 is 1.47 bits per heavy atom. The fourth-order valence-electron chi connectivity index (χ4n) is 1.61. The maximum atomic E-state index is 13.5. The predicted octanol–water partition coefficient (Wildman–Crippen LogP) is 2.13. The Labute approximate surface area is 101 Å². The molecule has 0 spiro atoms. The number of halogens is 1. The summed E-state index contributed by atoms with van der Waals surface area (Å²) in [6, 6.07) is 6.05. The number of benzene rings is 1. The lowest BCUT2D eigenvalue weighted by atomic mass is 10.0. The first-order valence-electron chi connectivity index (χ1n) is 5.62. The average Bonchev–Trinajstić information content (AvgIpc) is 2.14. The molecule has 0 saturated heterocycles. The number of nitrogens with one attached hydrogen (secondary N) is 1. The molecule has 1 amide bonds. The Morgan fingerprint density at radius 3 is 2.59 bits per heavy atom. The molecule has 3 nitrogen and oxygen atoms in total. The molecule has 0 bridgehead atoms. The Kier molecular flexibility index (Phi) is 4.23. The van der Waals surface area contributed by atoms with Crippen LogP contribution in [-0.2, 0) is 4.79 Å². The Hall–Kier alpha value is -1.42. The first-order chi connectivity index (χ1) is 7.79. The van der Waals surface area contributed by atoms with E-state index in [-0.39, 0.29) is 24.2 Å². The van der Waals surface area contributed by atoms with Crippen molar-refractivity contribution in [1.82, 2.24) is 5.32 Å². The van der Waals surface area contributed by atoms with Crippen LogP contribution in [-0.4, -0.2) is 11.4 Å². The molecule has 1 atom stereocenters. The summed E-state index contributed by atoms with van der Waals surface area (Å²) in [6.45, 7) is 5.31. The monoisotopic (exact) mass is 238 g/mol. The summed E-state index contributed by atoms with van der Waals surface area (Å²) < 4.78 is 13.5. The van der Waals surface area contributed by atoms with Gasteiger partial charge in [0, 0.05) is 17.5 Å². The predicted molar refractivity (Wildman–Crippen MR) is 65.8 cm³/mol. The zero-order chi connectivity index (χ0) is 13.1. The van der Waals surface area contributed by atoms with Gasteiger partial charge >= 0.3 is 0 Å². The third-order valence-electron chi connectivity index (χ3n) is 2.37. The van der Waals surface area contributed by atoms with Crippen molar-refractivity contribution >= 4 is 5.91 Å². The highest BCUT2D eigenvalue weighted by atomic mass is 19.1. The largest absolute Gasteiger partial charge is 0.349 e. The van der Waals surface area contributed by atoms with E-state index in [1.807, 2.05) is 0 Å². The maximum absolute atomic E-state index is 13.5. The van der Waals surface area contributed by atoms with E-state index in [1.165, 1.54) is 6.07 Å². The molecular weight excluding hydrogens is 219 g/mol. The molecule has 0 aromatic heterocycles. The van der Waals surface area contributed by atoms with Crippen LogP contribution in [0.3, 0.4) is 0 Å². The number of hydrogen-bond donors (Lipinski definition) is 2. The van der Waals surface area contributed by atoms with E-state index >= 15 is 0 Å². The van der Waals surface area contributed by atoms with Gasteiger partial charge in [0.15, 0.2) is 0 Å². The normalized spacial score (nSPS) is 13.2. The van der Waals surface area contributed by atoms with Gasteiger partial charge in [-0.3, -0.25) is 4.79 Å². The summed E-state index contributed by atoms with van der Waals surface area (Å²) in [7, 11) is 0. The van der Waals surface area contributed by atoms with Gasteiger partial charge in [0.25, 0.3) is 0 Å². The van der Waals surface area contributed by atoms with Gasteiger partial charge in [-0.15, -0.1) is 0 Å². The van der Waals surface area contributed by atoms with Gasteiger partial charge in [-0.1, -0.05) is 18.2 Å². The van der Waals surface area contributed by atoms with Crippen LogP contribution in [0.25, 0.3) is 0 Å². The Balaban J connectivity index is 2.64. The second kappa shape index (κ2) is 5.27. The van der Waals surface area contributed by atoms with Crippen molar-refractivity contribution < 1.29 is 9.18 Å². The number of rotatable bonds is 4. The first-order valence-corrected chi connectivity index (χ1v) is 5.62. The van der Waals surface area contributed by atoms with E-state index in [9.17, 15) is 9.18 Å². The quantitative estimate of drug-likeness (QED) is 0.844. The van der Waals surface area contributed by atoms with Crippen LogP contribution in [0.5, 0.6) is 0 Å². The minimum Gasteiger partial charge on any atom is -0.349 e. The molecule has 1 rings (SSSR count). The molecular formula is C13H19FN2O. The summed E-state index contributed by atoms with van der Waals surface area (Å²) in [5, 5.41) is 2.73. The standard InChI is InChI=1S/C13H19FN2O/c1-9(10-6-4-5-7-11(10)14)16-12(17)8-13(2,3)15/h4-7,9H,8,15H2,1-3H3,(H,16,17). The number of nitrogens with two attached hydrogens (primary N) is 1. The number of amides is 1. The van der Waals surface area contributed by atoms with Crippen LogP contribution in [0.4, 0.5) is 4.39 Å². The Morgan fingerprint density at radius 2 is 2.06 bits per heavy atom. The lowest BCUT2D eigenvalue weighted by molar-refractivity contribution is -0.122. The maximum Gasteiger partial charge on any atom is 0.222 e. The molecule has 0 heterocycles. The molecule has 94 valence electrons. The molecule has 1 aromatic carbocycles. The lowest BCUT2D eigenvalue weighted by Crippen LogP contribution is -2.39. The third-order valence-corrected chi connectivity index (χ3v) is 2.37. The number of carbonyl (C=O) groups excluding carboxylic acids is 1. The Bertz CT molecular complexity index is 399. The average molecular weight is 238 g/mol. The van der Waals surface area contributed by atoms with Crippen molar-refractivity contribution in [3.05, 3.63) is 35.6 Å². The molecule has 0 aliphatic carbocycles.